The highest BCUT2D eigenvalue weighted by Gasteiger charge is 2.15. The van der Waals surface area contributed by atoms with Crippen LogP contribution >= 0.6 is 0 Å². The molecule has 4 rings (SSSR count). The molecule has 5 nitrogen and oxygen atoms in total. The van der Waals surface area contributed by atoms with Gasteiger partial charge in [0, 0.05) is 41.4 Å². The molecule has 0 spiro atoms. The number of halogens is 2. The van der Waals surface area contributed by atoms with Crippen molar-refractivity contribution >= 4 is 16.6 Å². The first-order valence-corrected chi connectivity index (χ1v) is 8.65. The van der Waals surface area contributed by atoms with Crippen LogP contribution in [0.25, 0.3) is 22.0 Å². The van der Waals surface area contributed by atoms with Gasteiger partial charge in [0.15, 0.2) is 5.43 Å². The molecule has 0 radical (unpaired) electrons. The third kappa shape index (κ3) is 2.94. The molecule has 2 aromatic heterocycles. The second-order valence-corrected chi connectivity index (χ2v) is 6.70. The maximum absolute atomic E-state index is 13.8. The largest absolute Gasteiger partial charge is 0.396 e. The van der Waals surface area contributed by atoms with E-state index in [0.29, 0.717) is 22.2 Å². The maximum atomic E-state index is 13.8. The van der Waals surface area contributed by atoms with Gasteiger partial charge in [-0.05, 0) is 37.6 Å². The van der Waals surface area contributed by atoms with E-state index in [-0.39, 0.29) is 17.7 Å². The Hall–Kier alpha value is -3.48. The van der Waals surface area contributed by atoms with E-state index in [0.717, 1.165) is 22.9 Å². The van der Waals surface area contributed by atoms with Crippen LogP contribution in [0.2, 0.25) is 0 Å². The van der Waals surface area contributed by atoms with E-state index < -0.39 is 11.6 Å². The van der Waals surface area contributed by atoms with Crippen LogP contribution in [0, 0.1) is 25.5 Å². The van der Waals surface area contributed by atoms with Gasteiger partial charge in [0.1, 0.15) is 17.4 Å². The quantitative estimate of drug-likeness (QED) is 0.540. The van der Waals surface area contributed by atoms with Crippen molar-refractivity contribution in [3.8, 4) is 11.1 Å². The zero-order valence-corrected chi connectivity index (χ0v) is 15.3. The second-order valence-electron chi connectivity index (χ2n) is 6.70. The number of nitrogens with two attached hydrogens (primary N) is 1. The van der Waals surface area contributed by atoms with Crippen molar-refractivity contribution in [1.29, 1.82) is 0 Å². The summed E-state index contributed by atoms with van der Waals surface area (Å²) in [6.07, 6.45) is 1.59. The van der Waals surface area contributed by atoms with Gasteiger partial charge in [0.05, 0.1) is 16.9 Å². The topological polar surface area (TPSA) is 74.0 Å². The van der Waals surface area contributed by atoms with Gasteiger partial charge in [-0.15, -0.1) is 0 Å². The standard InChI is InChI=1S/C21H17F2N3O2/c1-11-20(12(2)28-25-11)13-3-4-16-18(8-13)26(6-5-19(16)27)10-14-7-15(22)9-17(23)21(14)24/h3-9H,10,24H2,1-2H3. The van der Waals surface area contributed by atoms with E-state index >= 15 is 0 Å². The van der Waals surface area contributed by atoms with Crippen LogP contribution in [0.5, 0.6) is 0 Å². The number of anilines is 1. The summed E-state index contributed by atoms with van der Waals surface area (Å²) < 4.78 is 34.4. The average Bonchev–Trinajstić information content (AvgIpc) is 2.99. The van der Waals surface area contributed by atoms with Crippen LogP contribution in [0.1, 0.15) is 17.0 Å². The summed E-state index contributed by atoms with van der Waals surface area (Å²) in [5, 5.41) is 4.46. The molecule has 0 aliphatic heterocycles. The summed E-state index contributed by atoms with van der Waals surface area (Å²) in [4.78, 5) is 12.3. The first kappa shape index (κ1) is 17.9. The van der Waals surface area contributed by atoms with E-state index in [2.05, 4.69) is 5.16 Å². The van der Waals surface area contributed by atoms with Gasteiger partial charge in [0.25, 0.3) is 0 Å². The fourth-order valence-electron chi connectivity index (χ4n) is 3.45. The number of pyridine rings is 1. The lowest BCUT2D eigenvalue weighted by Gasteiger charge is -2.14. The lowest BCUT2D eigenvalue weighted by molar-refractivity contribution is 0.393. The Morgan fingerprint density at radius 3 is 2.64 bits per heavy atom. The van der Waals surface area contributed by atoms with Crippen LogP contribution in [0.3, 0.4) is 0 Å². The molecule has 2 aromatic carbocycles. The minimum atomic E-state index is -0.809. The molecule has 0 bridgehead atoms. The molecule has 0 fully saturated rings. The Morgan fingerprint density at radius 2 is 1.93 bits per heavy atom. The molecule has 7 heteroatoms. The number of hydrogen-bond acceptors (Lipinski definition) is 4. The molecule has 0 amide bonds. The van der Waals surface area contributed by atoms with E-state index in [1.165, 1.54) is 12.1 Å². The van der Waals surface area contributed by atoms with Gasteiger partial charge in [-0.2, -0.15) is 0 Å². The maximum Gasteiger partial charge on any atom is 0.189 e. The zero-order valence-electron chi connectivity index (χ0n) is 15.3. The van der Waals surface area contributed by atoms with Crippen LogP contribution in [0.4, 0.5) is 14.5 Å². The molecule has 142 valence electrons. The van der Waals surface area contributed by atoms with Crippen molar-refractivity contribution < 1.29 is 13.3 Å². The number of benzene rings is 2. The summed E-state index contributed by atoms with van der Waals surface area (Å²) in [5.74, 6) is -0.849. The molecule has 0 unspecified atom stereocenters. The number of fused-ring (bicyclic) bond motifs is 1. The minimum absolute atomic E-state index is 0.113. The molecule has 0 saturated carbocycles. The molecular formula is C21H17F2N3O2. The number of aromatic nitrogens is 2. The smallest absolute Gasteiger partial charge is 0.189 e. The van der Waals surface area contributed by atoms with Gasteiger partial charge in [-0.1, -0.05) is 11.2 Å². The lowest BCUT2D eigenvalue weighted by atomic mass is 10.0. The van der Waals surface area contributed by atoms with E-state index in [9.17, 15) is 13.6 Å². The molecule has 2 heterocycles. The second kappa shape index (κ2) is 6.60. The summed E-state index contributed by atoms with van der Waals surface area (Å²) in [6, 6.07) is 8.76. The number of hydrogen-bond donors (Lipinski definition) is 1. The van der Waals surface area contributed by atoms with Crippen molar-refractivity contribution in [3.05, 3.63) is 81.5 Å². The van der Waals surface area contributed by atoms with Crippen molar-refractivity contribution in [2.45, 2.75) is 20.4 Å². The molecule has 0 saturated heterocycles. The Balaban J connectivity index is 1.91. The summed E-state index contributed by atoms with van der Waals surface area (Å²) in [7, 11) is 0. The zero-order chi connectivity index (χ0) is 20.0. The number of nitrogen functional groups attached to an aromatic ring is 1. The van der Waals surface area contributed by atoms with Gasteiger partial charge in [-0.3, -0.25) is 4.79 Å². The predicted molar refractivity (Wildman–Crippen MR) is 103 cm³/mol. The molecule has 4 aromatic rings. The van der Waals surface area contributed by atoms with Gasteiger partial charge in [-0.25, -0.2) is 8.78 Å². The fourth-order valence-corrected chi connectivity index (χ4v) is 3.45. The minimum Gasteiger partial charge on any atom is -0.396 e. The van der Waals surface area contributed by atoms with Crippen molar-refractivity contribution in [3.63, 3.8) is 0 Å². The Morgan fingerprint density at radius 1 is 1.14 bits per heavy atom. The summed E-state index contributed by atoms with van der Waals surface area (Å²) in [5.41, 5.74) is 8.86. The summed E-state index contributed by atoms with van der Waals surface area (Å²) >= 11 is 0. The Kier molecular flexibility index (Phi) is 4.22. The van der Waals surface area contributed by atoms with E-state index in [1.807, 2.05) is 26.0 Å². The molecule has 0 aliphatic carbocycles. The fraction of sp³-hybridized carbons (Fsp3) is 0.143. The van der Waals surface area contributed by atoms with Crippen molar-refractivity contribution in [2.24, 2.45) is 0 Å². The van der Waals surface area contributed by atoms with Gasteiger partial charge < -0.3 is 14.8 Å². The first-order chi connectivity index (χ1) is 13.3. The molecule has 0 atom stereocenters. The average molecular weight is 381 g/mol. The SMILES string of the molecule is Cc1noc(C)c1-c1ccc2c(=O)ccn(Cc3cc(F)cc(F)c3N)c2c1. The molecular weight excluding hydrogens is 364 g/mol. The highest BCUT2D eigenvalue weighted by Crippen LogP contribution is 2.29. The van der Waals surface area contributed by atoms with Gasteiger partial charge >= 0.3 is 0 Å². The van der Waals surface area contributed by atoms with E-state index in [4.69, 9.17) is 10.3 Å². The van der Waals surface area contributed by atoms with Gasteiger partial charge in [0.2, 0.25) is 0 Å². The highest BCUT2D eigenvalue weighted by atomic mass is 19.1. The van der Waals surface area contributed by atoms with Crippen LogP contribution in [-0.4, -0.2) is 9.72 Å². The van der Waals surface area contributed by atoms with Crippen LogP contribution in [-0.2, 0) is 6.54 Å². The van der Waals surface area contributed by atoms with E-state index in [1.54, 1.807) is 16.8 Å². The predicted octanol–water partition coefficient (Wildman–Crippen LogP) is 4.18. The molecule has 0 aliphatic rings. The van der Waals surface area contributed by atoms with Crippen molar-refractivity contribution in [1.82, 2.24) is 9.72 Å². The van der Waals surface area contributed by atoms with Crippen LogP contribution < -0.4 is 11.2 Å². The van der Waals surface area contributed by atoms with Crippen LogP contribution in [0.15, 0.2) is 51.9 Å². The Labute approximate surface area is 159 Å². The normalized spacial score (nSPS) is 11.3. The number of rotatable bonds is 3. The lowest BCUT2D eigenvalue weighted by Crippen LogP contribution is -2.11. The Bertz CT molecular complexity index is 1260. The first-order valence-electron chi connectivity index (χ1n) is 8.65. The monoisotopic (exact) mass is 381 g/mol. The third-order valence-electron chi connectivity index (χ3n) is 4.82. The number of aryl methyl sites for hydroxylation is 2. The number of nitrogens with zero attached hydrogens (tertiary/aromatic N) is 2. The summed E-state index contributed by atoms with van der Waals surface area (Å²) in [6.45, 7) is 3.76. The van der Waals surface area contributed by atoms with Crippen molar-refractivity contribution in [2.75, 3.05) is 5.73 Å². The third-order valence-corrected chi connectivity index (χ3v) is 4.82. The molecule has 28 heavy (non-hydrogen) atoms. The highest BCUT2D eigenvalue weighted by molar-refractivity contribution is 5.85. The molecule has 2 N–H and O–H groups in total.